The first-order valence-corrected chi connectivity index (χ1v) is 15.5. The van der Waals surface area contributed by atoms with Crippen LogP contribution in [-0.4, -0.2) is 31.1 Å². The van der Waals surface area contributed by atoms with Gasteiger partial charge in [0.05, 0.1) is 23.1 Å². The molecule has 1 heterocycles. The van der Waals surface area contributed by atoms with E-state index in [4.69, 9.17) is 9.72 Å². The number of hydrogen-bond acceptors (Lipinski definition) is 3. The normalized spacial score (nSPS) is 12.0. The number of aromatic nitrogens is 2. The van der Waals surface area contributed by atoms with Crippen LogP contribution in [0.3, 0.4) is 0 Å². The molecule has 4 aromatic rings. The fourth-order valence-electron chi connectivity index (χ4n) is 5.21. The summed E-state index contributed by atoms with van der Waals surface area (Å²) in [6.45, 7) is 4.26. The predicted octanol–water partition coefficient (Wildman–Crippen LogP) is 8.27. The molecule has 0 atom stereocenters. The van der Waals surface area contributed by atoms with Crippen molar-refractivity contribution >= 4 is 7.60 Å². The van der Waals surface area contributed by atoms with Gasteiger partial charge in [0.2, 0.25) is 0 Å². The van der Waals surface area contributed by atoms with Crippen LogP contribution in [0.15, 0.2) is 91.0 Å². The van der Waals surface area contributed by atoms with Crippen molar-refractivity contribution in [3.05, 3.63) is 91.0 Å². The number of hydrogen-bond donors (Lipinski definition) is 2. The first-order valence-electron chi connectivity index (χ1n) is 13.9. The van der Waals surface area contributed by atoms with Gasteiger partial charge in [-0.25, -0.2) is 0 Å². The highest BCUT2D eigenvalue weighted by molar-refractivity contribution is 7.53. The highest BCUT2D eigenvalue weighted by Crippen LogP contribution is 2.57. The highest BCUT2D eigenvalue weighted by Gasteiger charge is 2.42. The molecule has 0 amide bonds. The first kappa shape index (κ1) is 28.8. The van der Waals surface area contributed by atoms with Gasteiger partial charge in [-0.3, -0.25) is 9.13 Å². The van der Waals surface area contributed by atoms with Crippen LogP contribution in [0.25, 0.3) is 28.2 Å². The fraction of sp³-hybridized carbons (Fsp3) is 0.344. The molecule has 1 aromatic heterocycles. The summed E-state index contributed by atoms with van der Waals surface area (Å²) >= 11 is 0. The molecular formula is C32H39N2O4P. The minimum absolute atomic E-state index is 0.493. The van der Waals surface area contributed by atoms with E-state index in [1.54, 1.807) is 0 Å². The van der Waals surface area contributed by atoms with Crippen molar-refractivity contribution in [3.63, 3.8) is 0 Å². The van der Waals surface area contributed by atoms with Crippen molar-refractivity contribution in [2.45, 2.75) is 63.9 Å². The second-order valence-corrected chi connectivity index (χ2v) is 12.0. The first-order chi connectivity index (χ1) is 18.9. The van der Waals surface area contributed by atoms with Gasteiger partial charge in [0, 0.05) is 11.1 Å². The second kappa shape index (κ2) is 13.3. The van der Waals surface area contributed by atoms with E-state index < -0.39 is 12.8 Å². The molecule has 0 bridgehead atoms. The summed E-state index contributed by atoms with van der Waals surface area (Å²) < 4.78 is 20.5. The third-order valence-corrected chi connectivity index (χ3v) is 9.75. The predicted molar refractivity (Wildman–Crippen MR) is 158 cm³/mol. The molecule has 206 valence electrons. The van der Waals surface area contributed by atoms with E-state index in [2.05, 4.69) is 41.0 Å². The smallest absolute Gasteiger partial charge is 0.331 e. The van der Waals surface area contributed by atoms with Crippen LogP contribution in [0.5, 0.6) is 6.01 Å². The van der Waals surface area contributed by atoms with Gasteiger partial charge in [-0.05, 0) is 37.8 Å². The highest BCUT2D eigenvalue weighted by atomic mass is 31.2. The number of para-hydroxylation sites is 1. The zero-order chi connectivity index (χ0) is 27.7. The molecular weight excluding hydrogens is 507 g/mol. The fourth-order valence-corrected chi connectivity index (χ4v) is 6.48. The number of benzene rings is 3. The molecule has 0 saturated carbocycles. The zero-order valence-electron chi connectivity index (χ0n) is 22.9. The molecule has 6 nitrogen and oxygen atoms in total. The lowest BCUT2D eigenvalue weighted by atomic mass is 9.94. The Bertz CT molecular complexity index is 1350. The SMILES string of the molecule is CCC(CC)(CCCCCCOc1nc(-c2ccccc2)c(-c2ccccc2)n1-c1ccccc1)P(=O)(O)O. The third-order valence-electron chi connectivity index (χ3n) is 7.66. The molecule has 4 rings (SSSR count). The Kier molecular flexibility index (Phi) is 9.79. The maximum Gasteiger partial charge on any atom is 0.331 e. The van der Waals surface area contributed by atoms with Gasteiger partial charge >= 0.3 is 13.6 Å². The monoisotopic (exact) mass is 546 g/mol. The third kappa shape index (κ3) is 6.70. The Morgan fingerprint density at radius 2 is 1.31 bits per heavy atom. The van der Waals surface area contributed by atoms with Crippen molar-refractivity contribution < 1.29 is 19.1 Å². The molecule has 0 saturated heterocycles. The van der Waals surface area contributed by atoms with Crippen molar-refractivity contribution in [1.29, 1.82) is 0 Å². The molecule has 7 heteroatoms. The van der Waals surface area contributed by atoms with Gasteiger partial charge in [-0.1, -0.05) is 112 Å². The molecule has 0 aliphatic carbocycles. The largest absolute Gasteiger partial charge is 0.464 e. The van der Waals surface area contributed by atoms with Crippen LogP contribution in [-0.2, 0) is 4.57 Å². The Morgan fingerprint density at radius 3 is 1.87 bits per heavy atom. The van der Waals surface area contributed by atoms with Crippen molar-refractivity contribution in [2.75, 3.05) is 6.61 Å². The van der Waals surface area contributed by atoms with E-state index in [0.717, 1.165) is 53.9 Å². The Morgan fingerprint density at radius 1 is 0.769 bits per heavy atom. The second-order valence-electron chi connectivity index (χ2n) is 9.98. The van der Waals surface area contributed by atoms with Gasteiger partial charge in [-0.15, -0.1) is 0 Å². The van der Waals surface area contributed by atoms with Gasteiger partial charge < -0.3 is 14.5 Å². The molecule has 0 unspecified atom stereocenters. The standard InChI is InChI=1S/C32H39N2O4P/c1-3-32(4-2,39(35,36)37)24-16-5-6-17-25-38-31-33-29(26-18-10-7-11-19-26)30(27-20-12-8-13-21-27)34(31)28-22-14-9-15-23-28/h7-15,18-23H,3-6,16-17,24-25H2,1-2H3,(H2,35,36,37). The molecule has 0 aliphatic rings. The summed E-state index contributed by atoms with van der Waals surface area (Å²) in [7, 11) is -4.13. The van der Waals surface area contributed by atoms with Crippen LogP contribution in [0.4, 0.5) is 0 Å². The van der Waals surface area contributed by atoms with E-state index >= 15 is 0 Å². The number of rotatable bonds is 14. The van der Waals surface area contributed by atoms with E-state index in [1.807, 2.05) is 68.4 Å². The minimum Gasteiger partial charge on any atom is -0.464 e. The summed E-state index contributed by atoms with van der Waals surface area (Å²) in [5, 5.41) is -0.897. The van der Waals surface area contributed by atoms with Crippen LogP contribution < -0.4 is 4.74 Å². The topological polar surface area (TPSA) is 84.6 Å². The van der Waals surface area contributed by atoms with Crippen LogP contribution in [0.1, 0.15) is 58.8 Å². The Hall–Kier alpha value is -3.18. The average Bonchev–Trinajstić information content (AvgIpc) is 3.35. The summed E-state index contributed by atoms with van der Waals surface area (Å²) in [4.78, 5) is 24.8. The van der Waals surface area contributed by atoms with Crippen molar-refractivity contribution in [2.24, 2.45) is 0 Å². The summed E-state index contributed by atoms with van der Waals surface area (Å²) in [6, 6.07) is 31.1. The molecule has 0 spiro atoms. The van der Waals surface area contributed by atoms with E-state index in [-0.39, 0.29) is 0 Å². The number of ether oxygens (including phenoxy) is 1. The van der Waals surface area contributed by atoms with Crippen molar-refractivity contribution in [3.8, 4) is 34.2 Å². The van der Waals surface area contributed by atoms with Gasteiger partial charge in [0.1, 0.15) is 5.69 Å². The summed E-state index contributed by atoms with van der Waals surface area (Å²) in [5.41, 5.74) is 4.91. The van der Waals surface area contributed by atoms with E-state index in [0.29, 0.717) is 31.9 Å². The lowest BCUT2D eigenvalue weighted by Crippen LogP contribution is -2.27. The summed E-state index contributed by atoms with van der Waals surface area (Å²) in [5.74, 6) is 0. The maximum absolute atomic E-state index is 12.1. The number of nitrogens with zero attached hydrogens (tertiary/aromatic N) is 2. The lowest BCUT2D eigenvalue weighted by Gasteiger charge is -2.32. The molecule has 0 aliphatic heterocycles. The molecule has 3 aromatic carbocycles. The average molecular weight is 547 g/mol. The minimum atomic E-state index is -4.13. The van der Waals surface area contributed by atoms with Crippen LogP contribution in [0.2, 0.25) is 0 Å². The van der Waals surface area contributed by atoms with E-state index in [9.17, 15) is 14.4 Å². The Labute approximate surface area is 231 Å². The molecule has 0 radical (unpaired) electrons. The maximum atomic E-state index is 12.1. The molecule has 2 N–H and O–H groups in total. The van der Waals surface area contributed by atoms with Crippen molar-refractivity contribution in [1.82, 2.24) is 9.55 Å². The van der Waals surface area contributed by atoms with Crippen LogP contribution in [0, 0.1) is 0 Å². The summed E-state index contributed by atoms with van der Waals surface area (Å²) in [6.07, 6.45) is 4.99. The zero-order valence-corrected chi connectivity index (χ0v) is 23.8. The van der Waals surface area contributed by atoms with Gasteiger partial charge in [-0.2, -0.15) is 4.98 Å². The van der Waals surface area contributed by atoms with Crippen LogP contribution >= 0.6 is 7.60 Å². The molecule has 0 fully saturated rings. The number of unbranched alkanes of at least 4 members (excludes halogenated alkanes) is 3. The quantitative estimate of drug-likeness (QED) is 0.123. The van der Waals surface area contributed by atoms with Gasteiger partial charge in [0.15, 0.2) is 0 Å². The number of imidazole rings is 1. The Balaban J connectivity index is 1.52. The van der Waals surface area contributed by atoms with E-state index in [1.165, 1.54) is 0 Å². The molecule has 39 heavy (non-hydrogen) atoms. The lowest BCUT2D eigenvalue weighted by molar-refractivity contribution is 0.274. The van der Waals surface area contributed by atoms with Gasteiger partial charge in [0.25, 0.3) is 0 Å².